The molecule has 1 aromatic heterocycles. The van der Waals surface area contributed by atoms with Crippen LogP contribution in [0.5, 0.6) is 0 Å². The molecule has 0 fully saturated rings. The van der Waals surface area contributed by atoms with Crippen LogP contribution in [-0.2, 0) is 16.1 Å². The van der Waals surface area contributed by atoms with Gasteiger partial charge in [0.05, 0.1) is 16.4 Å². The molecule has 0 amide bonds. The van der Waals surface area contributed by atoms with Crippen LogP contribution in [0.4, 0.5) is 10.1 Å². The fourth-order valence-corrected chi connectivity index (χ4v) is 4.63. The second-order valence-corrected chi connectivity index (χ2v) is 8.91. The lowest BCUT2D eigenvalue weighted by molar-refractivity contribution is 0.609. The van der Waals surface area contributed by atoms with E-state index < -0.39 is 9.05 Å². The van der Waals surface area contributed by atoms with Crippen molar-refractivity contribution in [1.82, 2.24) is 4.57 Å². The molecular formula is C16H11Cl2FN2O2S2. The van der Waals surface area contributed by atoms with Crippen LogP contribution in [0.15, 0.2) is 57.7 Å². The van der Waals surface area contributed by atoms with E-state index in [9.17, 15) is 12.8 Å². The number of rotatable bonds is 3. The predicted molar refractivity (Wildman–Crippen MR) is 98.4 cm³/mol. The van der Waals surface area contributed by atoms with Gasteiger partial charge in [-0.3, -0.25) is 0 Å². The average Bonchev–Trinajstić information content (AvgIpc) is 2.90. The molecule has 0 spiro atoms. The van der Waals surface area contributed by atoms with Crippen molar-refractivity contribution in [3.8, 4) is 11.3 Å². The Hall–Kier alpha value is -1.67. The molecule has 0 saturated carbocycles. The number of halogens is 3. The van der Waals surface area contributed by atoms with Crippen molar-refractivity contribution < 1.29 is 12.8 Å². The lowest BCUT2D eigenvalue weighted by atomic mass is 10.2. The Labute approximate surface area is 157 Å². The summed E-state index contributed by atoms with van der Waals surface area (Å²) in [6.45, 7) is 0. The Morgan fingerprint density at radius 3 is 2.48 bits per heavy atom. The topological polar surface area (TPSA) is 51.4 Å². The predicted octanol–water partition coefficient (Wildman–Crippen LogP) is 4.71. The van der Waals surface area contributed by atoms with E-state index in [1.165, 1.54) is 35.6 Å². The number of hydrogen-bond acceptors (Lipinski definition) is 4. The van der Waals surface area contributed by atoms with E-state index in [0.717, 1.165) is 5.69 Å². The second-order valence-electron chi connectivity index (χ2n) is 5.13. The van der Waals surface area contributed by atoms with Crippen molar-refractivity contribution in [1.29, 1.82) is 0 Å². The molecule has 0 radical (unpaired) electrons. The van der Waals surface area contributed by atoms with Crippen LogP contribution in [-0.4, -0.2) is 13.0 Å². The van der Waals surface area contributed by atoms with Gasteiger partial charge in [-0.1, -0.05) is 17.7 Å². The second kappa shape index (κ2) is 6.92. The molecule has 130 valence electrons. The zero-order valence-electron chi connectivity index (χ0n) is 12.8. The van der Waals surface area contributed by atoms with Crippen LogP contribution < -0.4 is 4.80 Å². The van der Waals surface area contributed by atoms with Gasteiger partial charge >= 0.3 is 0 Å². The van der Waals surface area contributed by atoms with Crippen LogP contribution in [0, 0.1) is 5.82 Å². The van der Waals surface area contributed by atoms with Crippen molar-refractivity contribution in [2.24, 2.45) is 12.0 Å². The minimum absolute atomic E-state index is 0.0628. The van der Waals surface area contributed by atoms with Gasteiger partial charge in [0.25, 0.3) is 9.05 Å². The van der Waals surface area contributed by atoms with Crippen LogP contribution >= 0.6 is 33.6 Å². The lowest BCUT2D eigenvalue weighted by Gasteiger charge is -2.06. The molecule has 0 saturated heterocycles. The fraction of sp³-hybridized carbons (Fsp3) is 0.0625. The van der Waals surface area contributed by atoms with Crippen LogP contribution in [0.1, 0.15) is 0 Å². The van der Waals surface area contributed by atoms with Crippen molar-refractivity contribution >= 4 is 48.4 Å². The highest BCUT2D eigenvalue weighted by molar-refractivity contribution is 8.13. The summed E-state index contributed by atoms with van der Waals surface area (Å²) < 4.78 is 38.0. The third-order valence-electron chi connectivity index (χ3n) is 3.47. The zero-order valence-corrected chi connectivity index (χ0v) is 15.9. The van der Waals surface area contributed by atoms with Crippen molar-refractivity contribution in [3.05, 3.63) is 63.5 Å². The highest BCUT2D eigenvalue weighted by Crippen LogP contribution is 2.30. The van der Waals surface area contributed by atoms with Crippen molar-refractivity contribution in [2.45, 2.75) is 4.90 Å². The smallest absolute Gasteiger partial charge is 0.262 e. The molecule has 1 heterocycles. The lowest BCUT2D eigenvalue weighted by Crippen LogP contribution is -2.11. The van der Waals surface area contributed by atoms with E-state index in [1.807, 2.05) is 9.95 Å². The van der Waals surface area contributed by atoms with E-state index in [0.29, 0.717) is 16.1 Å². The molecule has 3 aromatic rings. The molecule has 4 nitrogen and oxygen atoms in total. The van der Waals surface area contributed by atoms with Gasteiger partial charge in [-0.05, 0) is 36.4 Å². The standard InChI is InChI=1S/C16H11Cl2FN2O2S2/c1-21-14(10-2-7-13(17)15(8-10)25(18,22)23)9-24-16(21)20-12-5-3-11(19)4-6-12/h2-9H,1H3. The maximum Gasteiger partial charge on any atom is 0.262 e. The fourth-order valence-electron chi connectivity index (χ4n) is 2.21. The van der Waals surface area contributed by atoms with Crippen LogP contribution in [0.3, 0.4) is 0 Å². The van der Waals surface area contributed by atoms with Crippen LogP contribution in [0.2, 0.25) is 5.02 Å². The van der Waals surface area contributed by atoms with Gasteiger partial charge in [-0.15, -0.1) is 11.3 Å². The molecule has 0 aliphatic carbocycles. The Morgan fingerprint density at radius 1 is 1.16 bits per heavy atom. The summed E-state index contributed by atoms with van der Waals surface area (Å²) in [4.78, 5) is 4.99. The quantitative estimate of drug-likeness (QED) is 0.580. The maximum absolute atomic E-state index is 13.0. The van der Waals surface area contributed by atoms with Gasteiger partial charge in [0.2, 0.25) is 0 Å². The Morgan fingerprint density at radius 2 is 1.84 bits per heavy atom. The van der Waals surface area contributed by atoms with Crippen molar-refractivity contribution in [2.75, 3.05) is 0 Å². The number of benzene rings is 2. The minimum Gasteiger partial charge on any atom is -0.320 e. The molecule has 0 atom stereocenters. The summed E-state index contributed by atoms with van der Waals surface area (Å²) >= 11 is 7.29. The molecule has 0 aliphatic rings. The zero-order chi connectivity index (χ0) is 18.2. The first-order valence-electron chi connectivity index (χ1n) is 6.95. The highest BCUT2D eigenvalue weighted by Gasteiger charge is 2.17. The Balaban J connectivity index is 2.09. The summed E-state index contributed by atoms with van der Waals surface area (Å²) in [6.07, 6.45) is 0. The summed E-state index contributed by atoms with van der Waals surface area (Å²) in [7, 11) is 3.28. The van der Waals surface area contributed by atoms with Crippen molar-refractivity contribution in [3.63, 3.8) is 0 Å². The maximum atomic E-state index is 13.0. The van der Waals surface area contributed by atoms with E-state index >= 15 is 0 Å². The van der Waals surface area contributed by atoms with Gasteiger partial charge in [0.15, 0.2) is 4.80 Å². The molecule has 0 aliphatic heterocycles. The molecule has 2 aromatic carbocycles. The molecule has 25 heavy (non-hydrogen) atoms. The van der Waals surface area contributed by atoms with Gasteiger partial charge in [0, 0.05) is 28.7 Å². The SMILES string of the molecule is Cn1c(-c2ccc(Cl)c(S(=O)(=O)Cl)c2)csc1=Nc1ccc(F)cc1. The molecule has 0 unspecified atom stereocenters. The number of hydrogen-bond donors (Lipinski definition) is 0. The first-order valence-corrected chi connectivity index (χ1v) is 10.5. The van der Waals surface area contributed by atoms with E-state index in [4.69, 9.17) is 22.3 Å². The Bertz CT molecular complexity index is 1100. The van der Waals surface area contributed by atoms with Crippen LogP contribution in [0.25, 0.3) is 11.3 Å². The van der Waals surface area contributed by atoms with E-state index in [-0.39, 0.29) is 15.7 Å². The average molecular weight is 417 g/mol. The summed E-state index contributed by atoms with van der Waals surface area (Å²) in [5.41, 5.74) is 2.01. The summed E-state index contributed by atoms with van der Waals surface area (Å²) in [5.74, 6) is -0.328. The number of aromatic nitrogens is 1. The van der Waals surface area contributed by atoms with Gasteiger partial charge in [-0.25, -0.2) is 17.8 Å². The van der Waals surface area contributed by atoms with Gasteiger partial charge < -0.3 is 4.57 Å². The van der Waals surface area contributed by atoms with Gasteiger partial charge in [-0.2, -0.15) is 0 Å². The monoisotopic (exact) mass is 416 g/mol. The first kappa shape index (κ1) is 18.1. The number of nitrogens with zero attached hydrogens (tertiary/aromatic N) is 2. The molecule has 0 bridgehead atoms. The van der Waals surface area contributed by atoms with Gasteiger partial charge in [0.1, 0.15) is 10.7 Å². The highest BCUT2D eigenvalue weighted by atomic mass is 35.7. The minimum atomic E-state index is -3.95. The summed E-state index contributed by atoms with van der Waals surface area (Å²) in [5, 5.41) is 1.91. The van der Waals surface area contributed by atoms with E-state index in [1.54, 1.807) is 25.2 Å². The first-order chi connectivity index (χ1) is 11.8. The largest absolute Gasteiger partial charge is 0.320 e. The third kappa shape index (κ3) is 3.95. The number of thiazole rings is 1. The molecular weight excluding hydrogens is 406 g/mol. The third-order valence-corrected chi connectivity index (χ3v) is 6.19. The molecule has 3 rings (SSSR count). The normalized spacial score (nSPS) is 12.6. The summed E-state index contributed by atoms with van der Waals surface area (Å²) in [6, 6.07) is 10.4. The molecule has 0 N–H and O–H groups in total. The molecule has 9 heteroatoms. The Kier molecular flexibility index (Phi) is 5.02. The van der Waals surface area contributed by atoms with E-state index in [2.05, 4.69) is 4.99 Å².